The molecular weight excluding hydrogens is 171 g/mol. The van der Waals surface area contributed by atoms with E-state index in [1.165, 1.54) is 0 Å². The minimum Gasteiger partial charge on any atom is -0.325 e. The summed E-state index contributed by atoms with van der Waals surface area (Å²) in [5.74, 6) is 0. The quantitative estimate of drug-likeness (QED) is 0.621. The van der Waals surface area contributed by atoms with E-state index in [1.54, 1.807) is 0 Å². The minimum absolute atomic E-state index is 0.645. The molecule has 0 spiro atoms. The summed E-state index contributed by atoms with van der Waals surface area (Å²) in [5.41, 5.74) is 0. The van der Waals surface area contributed by atoms with Crippen molar-refractivity contribution in [3.63, 3.8) is 0 Å². The molecule has 64 valence electrons. The van der Waals surface area contributed by atoms with Gasteiger partial charge in [-0.25, -0.2) is 0 Å². The van der Waals surface area contributed by atoms with Crippen molar-refractivity contribution in [2.75, 3.05) is 12.8 Å². The Morgan fingerprint density at radius 1 is 1.25 bits per heavy atom. The van der Waals surface area contributed by atoms with Gasteiger partial charge in [0.25, 0.3) is 0 Å². The van der Waals surface area contributed by atoms with Crippen LogP contribution in [0.1, 0.15) is 6.42 Å². The van der Waals surface area contributed by atoms with E-state index in [-0.39, 0.29) is 0 Å². The summed E-state index contributed by atoms with van der Waals surface area (Å²) < 4.78 is 17.3. The van der Waals surface area contributed by atoms with Crippen LogP contribution in [0.3, 0.4) is 0 Å². The first kappa shape index (κ1) is 8.03. The molecule has 1 atom stereocenters. The highest BCUT2D eigenvalue weighted by atomic mass is 31.2. The monoisotopic (exact) mass is 182 g/mol. The van der Waals surface area contributed by atoms with Crippen LogP contribution in [-0.2, 0) is 9.09 Å². The maximum absolute atomic E-state index is 12.0. The Labute approximate surface area is 72.0 Å². The average Bonchev–Trinajstić information content (AvgIpc) is 2.55. The SMILES string of the molecule is O=[P@]1(c2ccccc2)CCCO1. The summed E-state index contributed by atoms with van der Waals surface area (Å²) in [6.45, 7) is 0.645. The molecule has 0 amide bonds. The van der Waals surface area contributed by atoms with Crippen LogP contribution in [0, 0.1) is 0 Å². The van der Waals surface area contributed by atoms with Crippen molar-refractivity contribution in [1.29, 1.82) is 0 Å². The summed E-state index contributed by atoms with van der Waals surface area (Å²) in [6, 6.07) is 9.48. The van der Waals surface area contributed by atoms with Crippen LogP contribution in [0.25, 0.3) is 0 Å². The topological polar surface area (TPSA) is 26.3 Å². The Bertz CT molecular complexity index is 298. The normalized spacial score (nSPS) is 29.0. The molecule has 1 aliphatic rings. The lowest BCUT2D eigenvalue weighted by Crippen LogP contribution is -2.03. The third-order valence-corrected chi connectivity index (χ3v) is 4.64. The first-order chi connectivity index (χ1) is 5.81. The summed E-state index contributed by atoms with van der Waals surface area (Å²) in [4.78, 5) is 0. The molecule has 1 saturated heterocycles. The predicted molar refractivity (Wildman–Crippen MR) is 49.1 cm³/mol. The van der Waals surface area contributed by atoms with Gasteiger partial charge in [-0.3, -0.25) is 4.57 Å². The van der Waals surface area contributed by atoms with E-state index in [0.29, 0.717) is 12.8 Å². The van der Waals surface area contributed by atoms with Gasteiger partial charge < -0.3 is 4.52 Å². The molecule has 2 rings (SSSR count). The largest absolute Gasteiger partial charge is 0.325 e. The van der Waals surface area contributed by atoms with Crippen LogP contribution >= 0.6 is 7.37 Å². The maximum Gasteiger partial charge on any atom is 0.232 e. The highest BCUT2D eigenvalue weighted by Crippen LogP contribution is 2.50. The predicted octanol–water partition coefficient (Wildman–Crippen LogP) is 2.01. The van der Waals surface area contributed by atoms with E-state index in [4.69, 9.17) is 4.52 Å². The van der Waals surface area contributed by atoms with Gasteiger partial charge in [-0.05, 0) is 18.6 Å². The molecule has 0 saturated carbocycles. The third kappa shape index (κ3) is 1.33. The summed E-state index contributed by atoms with van der Waals surface area (Å²) in [5, 5.41) is 0.863. The number of benzene rings is 1. The smallest absolute Gasteiger partial charge is 0.232 e. The van der Waals surface area contributed by atoms with Gasteiger partial charge in [-0.15, -0.1) is 0 Å². The van der Waals surface area contributed by atoms with Crippen LogP contribution in [0.15, 0.2) is 30.3 Å². The molecule has 0 bridgehead atoms. The molecule has 0 aliphatic carbocycles. The lowest BCUT2D eigenvalue weighted by atomic mass is 10.4. The van der Waals surface area contributed by atoms with Gasteiger partial charge in [0.15, 0.2) is 0 Å². The van der Waals surface area contributed by atoms with Crippen molar-refractivity contribution < 1.29 is 9.09 Å². The molecule has 2 nitrogen and oxygen atoms in total. The Kier molecular flexibility index (Phi) is 2.03. The van der Waals surface area contributed by atoms with Crippen molar-refractivity contribution in [3.05, 3.63) is 30.3 Å². The van der Waals surface area contributed by atoms with E-state index < -0.39 is 7.37 Å². The fourth-order valence-corrected chi connectivity index (χ4v) is 3.54. The van der Waals surface area contributed by atoms with Gasteiger partial charge in [-0.2, -0.15) is 0 Å². The summed E-state index contributed by atoms with van der Waals surface area (Å²) in [6.07, 6.45) is 1.63. The van der Waals surface area contributed by atoms with Crippen molar-refractivity contribution in [3.8, 4) is 0 Å². The van der Waals surface area contributed by atoms with Crippen LogP contribution < -0.4 is 5.30 Å². The van der Waals surface area contributed by atoms with Gasteiger partial charge in [0.1, 0.15) is 0 Å². The van der Waals surface area contributed by atoms with Gasteiger partial charge in [0, 0.05) is 11.5 Å². The number of hydrogen-bond acceptors (Lipinski definition) is 2. The van der Waals surface area contributed by atoms with E-state index >= 15 is 0 Å². The fraction of sp³-hybridized carbons (Fsp3) is 0.333. The summed E-state index contributed by atoms with van der Waals surface area (Å²) >= 11 is 0. The zero-order valence-electron chi connectivity index (χ0n) is 6.77. The molecule has 0 radical (unpaired) electrons. The zero-order valence-corrected chi connectivity index (χ0v) is 7.67. The van der Waals surface area contributed by atoms with Crippen LogP contribution in [0.5, 0.6) is 0 Å². The molecule has 0 unspecified atom stereocenters. The Hall–Kier alpha value is -0.590. The second kappa shape index (κ2) is 3.04. The molecule has 0 N–H and O–H groups in total. The van der Waals surface area contributed by atoms with Crippen LogP contribution in [0.4, 0.5) is 0 Å². The fourth-order valence-electron chi connectivity index (χ4n) is 1.41. The first-order valence-corrected chi connectivity index (χ1v) is 5.91. The maximum atomic E-state index is 12.0. The highest BCUT2D eigenvalue weighted by molar-refractivity contribution is 7.67. The van der Waals surface area contributed by atoms with Gasteiger partial charge in [0.05, 0.1) is 6.61 Å². The van der Waals surface area contributed by atoms with Gasteiger partial charge >= 0.3 is 0 Å². The second-order valence-corrected chi connectivity index (χ2v) is 5.49. The molecule has 0 aromatic heterocycles. The standard InChI is InChI=1S/C9H11O2P/c10-12(8-4-7-11-12)9-5-2-1-3-6-9/h1-3,5-6H,4,7-8H2/t12-/m1/s1. The minimum atomic E-state index is -2.42. The van der Waals surface area contributed by atoms with Crippen LogP contribution in [-0.4, -0.2) is 12.8 Å². The highest BCUT2D eigenvalue weighted by Gasteiger charge is 2.29. The number of rotatable bonds is 1. The zero-order chi connectivity index (χ0) is 8.44. The number of hydrogen-bond donors (Lipinski definition) is 0. The van der Waals surface area contributed by atoms with E-state index in [2.05, 4.69) is 0 Å². The second-order valence-electron chi connectivity index (χ2n) is 2.92. The first-order valence-electron chi connectivity index (χ1n) is 4.10. The van der Waals surface area contributed by atoms with Gasteiger partial charge in [0.2, 0.25) is 7.37 Å². The molecule has 1 fully saturated rings. The van der Waals surface area contributed by atoms with Crippen molar-refractivity contribution in [2.45, 2.75) is 6.42 Å². The Balaban J connectivity index is 2.36. The molecule has 1 heterocycles. The lowest BCUT2D eigenvalue weighted by molar-refractivity contribution is 0.357. The van der Waals surface area contributed by atoms with Crippen molar-refractivity contribution in [1.82, 2.24) is 0 Å². The van der Waals surface area contributed by atoms with E-state index in [0.717, 1.165) is 11.7 Å². The molecule has 1 aliphatic heterocycles. The lowest BCUT2D eigenvalue weighted by Gasteiger charge is -2.09. The molecular formula is C9H11O2P. The van der Waals surface area contributed by atoms with Crippen LogP contribution in [0.2, 0.25) is 0 Å². The molecule has 3 heteroatoms. The molecule has 1 aromatic carbocycles. The average molecular weight is 182 g/mol. The summed E-state index contributed by atoms with van der Waals surface area (Å²) in [7, 11) is -2.42. The van der Waals surface area contributed by atoms with Crippen molar-refractivity contribution in [2.24, 2.45) is 0 Å². The molecule has 12 heavy (non-hydrogen) atoms. The van der Waals surface area contributed by atoms with E-state index in [1.807, 2.05) is 30.3 Å². The van der Waals surface area contributed by atoms with E-state index in [9.17, 15) is 4.57 Å². The Morgan fingerprint density at radius 3 is 2.58 bits per heavy atom. The third-order valence-electron chi connectivity index (χ3n) is 2.05. The molecule has 1 aromatic rings. The van der Waals surface area contributed by atoms with Gasteiger partial charge in [-0.1, -0.05) is 18.2 Å². The Morgan fingerprint density at radius 2 is 2.00 bits per heavy atom. The van der Waals surface area contributed by atoms with Crippen molar-refractivity contribution >= 4 is 12.7 Å².